The molecule has 1 atom stereocenters. The predicted octanol–water partition coefficient (Wildman–Crippen LogP) is 0.991. The number of carboxylic acid groups (broad SMARTS) is 1. The Morgan fingerprint density at radius 2 is 1.95 bits per heavy atom. The van der Waals surface area contributed by atoms with E-state index in [1.54, 1.807) is 16.9 Å². The van der Waals surface area contributed by atoms with Crippen molar-refractivity contribution in [2.75, 3.05) is 0 Å². The summed E-state index contributed by atoms with van der Waals surface area (Å²) in [6.07, 6.45) is 1.67. The van der Waals surface area contributed by atoms with E-state index in [0.29, 0.717) is 5.69 Å². The Morgan fingerprint density at radius 3 is 2.50 bits per heavy atom. The van der Waals surface area contributed by atoms with Crippen molar-refractivity contribution >= 4 is 11.9 Å². The summed E-state index contributed by atoms with van der Waals surface area (Å²) in [6.45, 7) is 1.30. The number of para-hydroxylation sites is 1. The minimum atomic E-state index is -1.66. The molecule has 0 spiro atoms. The van der Waals surface area contributed by atoms with Gasteiger partial charge in [-0.1, -0.05) is 18.2 Å². The molecule has 0 bridgehead atoms. The van der Waals surface area contributed by atoms with Crippen LogP contribution in [-0.4, -0.2) is 26.8 Å². The van der Waals surface area contributed by atoms with Gasteiger partial charge in [0.15, 0.2) is 0 Å². The highest BCUT2D eigenvalue weighted by molar-refractivity contribution is 6.00. The quantitative estimate of drug-likeness (QED) is 0.794. The molecule has 6 heteroatoms. The molecule has 2 rings (SSSR count). The van der Waals surface area contributed by atoms with E-state index >= 15 is 0 Å². The molecule has 1 aromatic heterocycles. The molecule has 1 aromatic carbocycles. The second-order valence-electron chi connectivity index (χ2n) is 4.77. The SMILES string of the molecule is CC(Cc1ccn(-c2ccccc2)n1)(C(N)=O)C(=O)O. The standard InChI is InChI=1S/C14H15N3O3/c1-14(12(15)18,13(19)20)9-10-7-8-17(16-10)11-5-3-2-4-6-11/h2-8H,9H2,1H3,(H2,15,18)(H,19,20). The summed E-state index contributed by atoms with van der Waals surface area (Å²) in [4.78, 5) is 22.6. The number of carbonyl (C=O) groups excluding carboxylic acids is 1. The topological polar surface area (TPSA) is 98.2 Å². The fourth-order valence-corrected chi connectivity index (χ4v) is 1.81. The van der Waals surface area contributed by atoms with Crippen molar-refractivity contribution in [3.05, 3.63) is 48.3 Å². The van der Waals surface area contributed by atoms with Crippen molar-refractivity contribution in [2.45, 2.75) is 13.3 Å². The van der Waals surface area contributed by atoms with Gasteiger partial charge < -0.3 is 10.8 Å². The average Bonchev–Trinajstić information content (AvgIpc) is 2.87. The van der Waals surface area contributed by atoms with Crippen LogP contribution in [0.4, 0.5) is 0 Å². The van der Waals surface area contributed by atoms with Gasteiger partial charge in [0.2, 0.25) is 5.91 Å². The number of carboxylic acids is 1. The predicted molar refractivity (Wildman–Crippen MR) is 72.2 cm³/mol. The van der Waals surface area contributed by atoms with Gasteiger partial charge >= 0.3 is 5.97 Å². The molecule has 0 saturated heterocycles. The van der Waals surface area contributed by atoms with Crippen LogP contribution in [0, 0.1) is 5.41 Å². The minimum absolute atomic E-state index is 0.0441. The fraction of sp³-hybridized carbons (Fsp3) is 0.214. The maximum Gasteiger partial charge on any atom is 0.319 e. The molecular weight excluding hydrogens is 258 g/mol. The highest BCUT2D eigenvalue weighted by Gasteiger charge is 2.40. The van der Waals surface area contributed by atoms with Gasteiger partial charge in [0.25, 0.3) is 0 Å². The third-order valence-corrected chi connectivity index (χ3v) is 3.22. The number of nitrogens with two attached hydrogens (primary N) is 1. The van der Waals surface area contributed by atoms with Gasteiger partial charge in [0.1, 0.15) is 5.41 Å². The first-order chi connectivity index (χ1) is 9.43. The van der Waals surface area contributed by atoms with Crippen molar-refractivity contribution in [2.24, 2.45) is 11.1 Å². The lowest BCUT2D eigenvalue weighted by Crippen LogP contribution is -2.43. The van der Waals surface area contributed by atoms with Crippen LogP contribution in [0.25, 0.3) is 5.69 Å². The summed E-state index contributed by atoms with van der Waals surface area (Å²) in [7, 11) is 0. The number of nitrogens with zero attached hydrogens (tertiary/aromatic N) is 2. The highest BCUT2D eigenvalue weighted by Crippen LogP contribution is 2.22. The van der Waals surface area contributed by atoms with Gasteiger partial charge in [-0.25, -0.2) is 4.68 Å². The van der Waals surface area contributed by atoms with Crippen molar-refractivity contribution in [3.63, 3.8) is 0 Å². The highest BCUT2D eigenvalue weighted by atomic mass is 16.4. The molecule has 104 valence electrons. The average molecular weight is 273 g/mol. The van der Waals surface area contributed by atoms with Gasteiger partial charge in [-0.2, -0.15) is 5.10 Å². The molecule has 20 heavy (non-hydrogen) atoms. The number of primary amides is 1. The number of aliphatic carboxylic acids is 1. The Hall–Kier alpha value is -2.63. The van der Waals surface area contributed by atoms with Crippen molar-refractivity contribution < 1.29 is 14.7 Å². The Bertz CT molecular complexity index is 620. The number of hydrogen-bond acceptors (Lipinski definition) is 3. The van der Waals surface area contributed by atoms with E-state index < -0.39 is 17.3 Å². The van der Waals surface area contributed by atoms with Crippen LogP contribution in [0.5, 0.6) is 0 Å². The zero-order valence-corrected chi connectivity index (χ0v) is 11.0. The molecule has 6 nitrogen and oxygen atoms in total. The molecule has 3 N–H and O–H groups in total. The summed E-state index contributed by atoms with van der Waals surface area (Å²) in [5.74, 6) is -2.13. The lowest BCUT2D eigenvalue weighted by molar-refractivity contribution is -0.153. The molecular formula is C14H15N3O3. The van der Waals surface area contributed by atoms with E-state index in [2.05, 4.69) is 5.10 Å². The van der Waals surface area contributed by atoms with Gasteiger partial charge in [-0.3, -0.25) is 9.59 Å². The van der Waals surface area contributed by atoms with Gasteiger partial charge in [-0.05, 0) is 25.1 Å². The largest absolute Gasteiger partial charge is 0.480 e. The zero-order chi connectivity index (χ0) is 14.8. The van der Waals surface area contributed by atoms with E-state index in [0.717, 1.165) is 5.69 Å². The summed E-state index contributed by atoms with van der Waals surface area (Å²) in [5.41, 5.74) is 4.88. The minimum Gasteiger partial charge on any atom is -0.480 e. The van der Waals surface area contributed by atoms with Crippen molar-refractivity contribution in [1.82, 2.24) is 9.78 Å². The Labute approximate surface area is 115 Å². The van der Waals surface area contributed by atoms with Gasteiger partial charge in [-0.15, -0.1) is 0 Å². The molecule has 0 radical (unpaired) electrons. The molecule has 0 saturated carbocycles. The third-order valence-electron chi connectivity index (χ3n) is 3.22. The van der Waals surface area contributed by atoms with Crippen LogP contribution in [0.15, 0.2) is 42.6 Å². The van der Waals surface area contributed by atoms with Crippen LogP contribution >= 0.6 is 0 Å². The normalized spacial score (nSPS) is 13.7. The van der Waals surface area contributed by atoms with E-state index in [1.165, 1.54) is 6.92 Å². The van der Waals surface area contributed by atoms with Crippen LogP contribution < -0.4 is 5.73 Å². The Kier molecular flexibility index (Phi) is 3.56. The smallest absolute Gasteiger partial charge is 0.319 e. The third kappa shape index (κ3) is 2.54. The van der Waals surface area contributed by atoms with E-state index in [9.17, 15) is 9.59 Å². The second-order valence-corrected chi connectivity index (χ2v) is 4.77. The first kappa shape index (κ1) is 13.8. The molecule has 2 aromatic rings. The lowest BCUT2D eigenvalue weighted by atomic mass is 9.85. The summed E-state index contributed by atoms with van der Waals surface area (Å²) in [5, 5.41) is 13.4. The second kappa shape index (κ2) is 5.16. The summed E-state index contributed by atoms with van der Waals surface area (Å²) < 4.78 is 1.62. The van der Waals surface area contributed by atoms with Gasteiger partial charge in [0.05, 0.1) is 11.4 Å². The molecule has 0 aliphatic rings. The van der Waals surface area contributed by atoms with Crippen molar-refractivity contribution in [3.8, 4) is 5.69 Å². The van der Waals surface area contributed by atoms with E-state index in [-0.39, 0.29) is 6.42 Å². The number of aromatic nitrogens is 2. The number of carbonyl (C=O) groups is 2. The van der Waals surface area contributed by atoms with Crippen LogP contribution in [0.2, 0.25) is 0 Å². The zero-order valence-electron chi connectivity index (χ0n) is 11.0. The summed E-state index contributed by atoms with van der Waals surface area (Å²) >= 11 is 0. The Morgan fingerprint density at radius 1 is 1.30 bits per heavy atom. The number of hydrogen-bond donors (Lipinski definition) is 2. The van der Waals surface area contributed by atoms with Crippen LogP contribution in [-0.2, 0) is 16.0 Å². The Balaban J connectivity index is 2.26. The molecule has 1 unspecified atom stereocenters. The van der Waals surface area contributed by atoms with Gasteiger partial charge in [0, 0.05) is 12.6 Å². The lowest BCUT2D eigenvalue weighted by Gasteiger charge is -2.19. The maximum absolute atomic E-state index is 11.4. The van der Waals surface area contributed by atoms with E-state index in [4.69, 9.17) is 10.8 Å². The molecule has 1 amide bonds. The van der Waals surface area contributed by atoms with E-state index in [1.807, 2.05) is 30.3 Å². The summed E-state index contributed by atoms with van der Waals surface area (Å²) in [6, 6.07) is 11.1. The number of rotatable bonds is 5. The molecule has 0 aliphatic carbocycles. The molecule has 0 fully saturated rings. The first-order valence-corrected chi connectivity index (χ1v) is 6.07. The van der Waals surface area contributed by atoms with Crippen molar-refractivity contribution in [1.29, 1.82) is 0 Å². The van der Waals surface area contributed by atoms with Crippen LogP contribution in [0.3, 0.4) is 0 Å². The first-order valence-electron chi connectivity index (χ1n) is 6.07. The number of benzene rings is 1. The molecule has 1 heterocycles. The fourth-order valence-electron chi connectivity index (χ4n) is 1.81. The number of amides is 1. The monoisotopic (exact) mass is 273 g/mol. The molecule has 0 aliphatic heterocycles. The van der Waals surface area contributed by atoms with Crippen LogP contribution in [0.1, 0.15) is 12.6 Å². The maximum atomic E-state index is 11.4.